The van der Waals surface area contributed by atoms with Crippen LogP contribution in [0.15, 0.2) is 42.7 Å². The number of benzene rings is 1. The number of ether oxygens (including phenoxy) is 1. The summed E-state index contributed by atoms with van der Waals surface area (Å²) < 4.78 is 8.07. The van der Waals surface area contributed by atoms with Crippen molar-refractivity contribution in [2.75, 3.05) is 13.1 Å². The molecule has 1 unspecified atom stereocenters. The summed E-state index contributed by atoms with van der Waals surface area (Å²) in [5.74, 6) is 1.42. The molecule has 1 fully saturated rings. The largest absolute Gasteiger partial charge is 0.472 e. The first-order valence-corrected chi connectivity index (χ1v) is 9.37. The maximum Gasteiger partial charge on any atom is 0.227 e. The van der Waals surface area contributed by atoms with Crippen LogP contribution in [0, 0.1) is 6.92 Å². The van der Waals surface area contributed by atoms with Gasteiger partial charge in [0, 0.05) is 43.0 Å². The number of carbonyl (C=O) groups excluding carboxylic acids is 1. The summed E-state index contributed by atoms with van der Waals surface area (Å²) in [6.07, 6.45) is 6.02. The van der Waals surface area contributed by atoms with Gasteiger partial charge in [0.25, 0.3) is 0 Å². The van der Waals surface area contributed by atoms with E-state index in [1.165, 1.54) is 0 Å². The third kappa shape index (κ3) is 3.79. The van der Waals surface area contributed by atoms with Crippen LogP contribution < -0.4 is 4.74 Å². The lowest BCUT2D eigenvalue weighted by atomic mass is 10.1. The van der Waals surface area contributed by atoms with Gasteiger partial charge in [-0.25, -0.2) is 4.98 Å². The first kappa shape index (κ1) is 17.5. The zero-order valence-electron chi connectivity index (χ0n) is 15.8. The molecule has 1 saturated heterocycles. The van der Waals surface area contributed by atoms with Crippen molar-refractivity contribution < 1.29 is 9.53 Å². The third-order valence-corrected chi connectivity index (χ3v) is 5.09. The van der Waals surface area contributed by atoms with Crippen molar-refractivity contribution >= 4 is 16.8 Å². The van der Waals surface area contributed by atoms with Gasteiger partial charge in [0.15, 0.2) is 0 Å². The van der Waals surface area contributed by atoms with Crippen LogP contribution in [0.3, 0.4) is 0 Å². The Morgan fingerprint density at radius 3 is 3.00 bits per heavy atom. The molecular formula is C21H24N4O2. The molecule has 0 spiro atoms. The first-order valence-electron chi connectivity index (χ1n) is 9.37. The molecule has 0 N–H and O–H groups in total. The molecule has 1 aromatic carbocycles. The fourth-order valence-electron chi connectivity index (χ4n) is 3.77. The highest BCUT2D eigenvalue weighted by Crippen LogP contribution is 2.22. The van der Waals surface area contributed by atoms with E-state index in [0.29, 0.717) is 24.7 Å². The molecule has 27 heavy (non-hydrogen) atoms. The van der Waals surface area contributed by atoms with Crippen molar-refractivity contribution in [2.24, 2.45) is 7.05 Å². The molecule has 1 aliphatic rings. The van der Waals surface area contributed by atoms with Gasteiger partial charge in [0.05, 0.1) is 13.0 Å². The lowest BCUT2D eigenvalue weighted by Crippen LogP contribution is -2.45. The Morgan fingerprint density at radius 1 is 1.30 bits per heavy atom. The van der Waals surface area contributed by atoms with Crippen molar-refractivity contribution in [3.05, 3.63) is 54.1 Å². The predicted molar refractivity (Wildman–Crippen MR) is 104 cm³/mol. The van der Waals surface area contributed by atoms with Crippen LogP contribution in [0.1, 0.15) is 24.2 Å². The third-order valence-electron chi connectivity index (χ3n) is 5.09. The van der Waals surface area contributed by atoms with Gasteiger partial charge < -0.3 is 14.2 Å². The molecule has 1 amide bonds. The number of fused-ring (bicyclic) bond motifs is 1. The van der Waals surface area contributed by atoms with E-state index in [1.807, 2.05) is 31.0 Å². The summed E-state index contributed by atoms with van der Waals surface area (Å²) in [5, 5.41) is 1.15. The fourth-order valence-corrected chi connectivity index (χ4v) is 3.77. The van der Waals surface area contributed by atoms with Crippen molar-refractivity contribution in [1.29, 1.82) is 0 Å². The lowest BCUT2D eigenvalue weighted by molar-refractivity contribution is -0.133. The van der Waals surface area contributed by atoms with Gasteiger partial charge in [-0.3, -0.25) is 4.79 Å². The molecule has 1 atom stereocenters. The van der Waals surface area contributed by atoms with Gasteiger partial charge in [0.1, 0.15) is 11.9 Å². The van der Waals surface area contributed by atoms with Gasteiger partial charge in [-0.1, -0.05) is 18.2 Å². The summed E-state index contributed by atoms with van der Waals surface area (Å²) in [7, 11) is 2.02. The second-order valence-electron chi connectivity index (χ2n) is 7.12. The maximum atomic E-state index is 12.9. The number of hydrogen-bond acceptors (Lipinski definition) is 4. The number of aryl methyl sites for hydroxylation is 2. The van der Waals surface area contributed by atoms with Gasteiger partial charge >= 0.3 is 0 Å². The molecule has 1 aliphatic heterocycles. The minimum Gasteiger partial charge on any atom is -0.472 e. The van der Waals surface area contributed by atoms with Crippen molar-refractivity contribution in [3.8, 4) is 5.88 Å². The Balaban J connectivity index is 1.44. The normalized spacial score (nSPS) is 17.3. The van der Waals surface area contributed by atoms with Crippen LogP contribution in [0.25, 0.3) is 10.9 Å². The second-order valence-corrected chi connectivity index (χ2v) is 7.12. The maximum absolute atomic E-state index is 12.9. The average Bonchev–Trinajstić information content (AvgIpc) is 2.98. The summed E-state index contributed by atoms with van der Waals surface area (Å²) in [4.78, 5) is 23.2. The first-order chi connectivity index (χ1) is 13.1. The van der Waals surface area contributed by atoms with E-state index in [9.17, 15) is 4.79 Å². The quantitative estimate of drug-likeness (QED) is 0.714. The van der Waals surface area contributed by atoms with Crippen molar-refractivity contribution in [1.82, 2.24) is 19.4 Å². The summed E-state index contributed by atoms with van der Waals surface area (Å²) in [6, 6.07) is 9.97. The van der Waals surface area contributed by atoms with Crippen LogP contribution in [0.2, 0.25) is 0 Å². The van der Waals surface area contributed by atoms with Crippen LogP contribution >= 0.6 is 0 Å². The van der Waals surface area contributed by atoms with Crippen LogP contribution in [0.5, 0.6) is 5.88 Å². The SMILES string of the molecule is Cc1nccc(OC2CCCN(C(=O)Cc3cn(C)c4ccccc34)C2)n1. The zero-order valence-corrected chi connectivity index (χ0v) is 15.8. The van der Waals surface area contributed by atoms with E-state index in [-0.39, 0.29) is 12.0 Å². The van der Waals surface area contributed by atoms with Gasteiger partial charge in [0.2, 0.25) is 11.8 Å². The predicted octanol–water partition coefficient (Wildman–Crippen LogP) is 2.89. The van der Waals surface area contributed by atoms with E-state index in [0.717, 1.165) is 35.9 Å². The fraction of sp³-hybridized carbons (Fsp3) is 0.381. The van der Waals surface area contributed by atoms with E-state index < -0.39 is 0 Å². The molecule has 140 valence electrons. The number of rotatable bonds is 4. The summed E-state index contributed by atoms with van der Waals surface area (Å²) in [6.45, 7) is 3.23. The lowest BCUT2D eigenvalue weighted by Gasteiger charge is -2.32. The minimum atomic E-state index is -0.0236. The number of aromatic nitrogens is 3. The molecule has 2 aromatic heterocycles. The van der Waals surface area contributed by atoms with E-state index >= 15 is 0 Å². The van der Waals surface area contributed by atoms with Gasteiger partial charge in [-0.05, 0) is 31.4 Å². The number of para-hydroxylation sites is 1. The summed E-state index contributed by atoms with van der Waals surface area (Å²) in [5.41, 5.74) is 2.23. The van der Waals surface area contributed by atoms with E-state index in [4.69, 9.17) is 4.74 Å². The van der Waals surface area contributed by atoms with Crippen LogP contribution in [-0.4, -0.2) is 44.5 Å². The van der Waals surface area contributed by atoms with E-state index in [2.05, 4.69) is 32.9 Å². The molecule has 0 aliphatic carbocycles. The molecule has 6 heteroatoms. The topological polar surface area (TPSA) is 60.2 Å². The molecule has 6 nitrogen and oxygen atoms in total. The Hall–Kier alpha value is -2.89. The Bertz CT molecular complexity index is 966. The molecule has 0 saturated carbocycles. The number of carbonyl (C=O) groups is 1. The molecule has 0 radical (unpaired) electrons. The Kier molecular flexibility index (Phi) is 4.79. The number of hydrogen-bond donors (Lipinski definition) is 0. The monoisotopic (exact) mass is 364 g/mol. The van der Waals surface area contributed by atoms with Crippen LogP contribution in [-0.2, 0) is 18.3 Å². The Labute approximate surface area is 158 Å². The highest BCUT2D eigenvalue weighted by atomic mass is 16.5. The Morgan fingerprint density at radius 2 is 2.15 bits per heavy atom. The highest BCUT2D eigenvalue weighted by Gasteiger charge is 2.26. The number of nitrogens with zero attached hydrogens (tertiary/aromatic N) is 4. The standard InChI is InChI=1S/C21H24N4O2/c1-15-22-10-9-20(23-15)27-17-6-5-11-25(14-17)21(26)12-16-13-24(2)19-8-4-3-7-18(16)19/h3-4,7-10,13,17H,5-6,11-12,14H2,1-2H3. The molecule has 3 heterocycles. The highest BCUT2D eigenvalue weighted by molar-refractivity contribution is 5.89. The number of amides is 1. The second kappa shape index (κ2) is 7.39. The number of piperidine rings is 1. The van der Waals surface area contributed by atoms with Gasteiger partial charge in [-0.15, -0.1) is 0 Å². The molecule has 0 bridgehead atoms. The summed E-state index contributed by atoms with van der Waals surface area (Å²) >= 11 is 0. The van der Waals surface area contributed by atoms with Crippen molar-refractivity contribution in [3.63, 3.8) is 0 Å². The molecule has 4 rings (SSSR count). The smallest absolute Gasteiger partial charge is 0.227 e. The average molecular weight is 364 g/mol. The molecular weight excluding hydrogens is 340 g/mol. The molecule has 3 aromatic rings. The number of likely N-dealkylation sites (tertiary alicyclic amines) is 1. The minimum absolute atomic E-state index is 0.0236. The van der Waals surface area contributed by atoms with Crippen LogP contribution in [0.4, 0.5) is 0 Å². The van der Waals surface area contributed by atoms with Gasteiger partial charge in [-0.2, -0.15) is 4.98 Å². The zero-order chi connectivity index (χ0) is 18.8. The van der Waals surface area contributed by atoms with Crippen molar-refractivity contribution in [2.45, 2.75) is 32.3 Å². The van der Waals surface area contributed by atoms with E-state index in [1.54, 1.807) is 12.3 Å².